The smallest absolute Gasteiger partial charge is 0.229 e. The molecule has 2 heterocycles. The van der Waals surface area contributed by atoms with E-state index in [2.05, 4.69) is 59.2 Å². The highest BCUT2D eigenvalue weighted by atomic mass is 16.2. The molecular weight excluding hydrogens is 394 g/mol. The molecule has 1 aliphatic rings. The monoisotopic (exact) mass is 423 g/mol. The van der Waals surface area contributed by atoms with Crippen LogP contribution in [-0.4, -0.2) is 33.4 Å². The Labute approximate surface area is 189 Å². The summed E-state index contributed by atoms with van der Waals surface area (Å²) < 4.78 is 2.44. The predicted molar refractivity (Wildman–Crippen MR) is 129 cm³/mol. The molecule has 3 aromatic carbocycles. The van der Waals surface area contributed by atoms with Gasteiger partial charge in [0.05, 0.1) is 17.0 Å². The lowest BCUT2D eigenvalue weighted by atomic mass is 9.97. The predicted octanol–water partition coefficient (Wildman–Crippen LogP) is 5.59. The first kappa shape index (κ1) is 20.5. The van der Waals surface area contributed by atoms with Gasteiger partial charge in [-0.2, -0.15) is 0 Å². The molecule has 0 bridgehead atoms. The first-order chi connectivity index (χ1) is 15.7. The van der Waals surface area contributed by atoms with Crippen molar-refractivity contribution in [2.24, 2.45) is 0 Å². The van der Waals surface area contributed by atoms with Gasteiger partial charge in [-0.3, -0.25) is 4.79 Å². The topological polar surface area (TPSA) is 38.1 Å². The maximum Gasteiger partial charge on any atom is 0.229 e. The molecule has 4 heteroatoms. The standard InChI is InChI=1S/C28H29N3O/c1-21(23-12-6-3-7-13-23)28(32)30-18-16-24(17-19-30)31-26-15-9-8-14-25(26)29-27(31)20-22-10-4-2-5-11-22/h2-15,21,24H,16-20H2,1H3. The largest absolute Gasteiger partial charge is 0.342 e. The zero-order chi connectivity index (χ0) is 21.9. The van der Waals surface area contributed by atoms with Crippen molar-refractivity contribution in [3.63, 3.8) is 0 Å². The molecule has 0 radical (unpaired) electrons. The second-order valence-corrected chi connectivity index (χ2v) is 8.74. The number of aromatic nitrogens is 2. The van der Waals surface area contributed by atoms with Crippen molar-refractivity contribution < 1.29 is 4.79 Å². The summed E-state index contributed by atoms with van der Waals surface area (Å²) in [5, 5.41) is 0. The lowest BCUT2D eigenvalue weighted by Gasteiger charge is -2.35. The van der Waals surface area contributed by atoms with Crippen LogP contribution in [-0.2, 0) is 11.2 Å². The molecule has 1 aliphatic heterocycles. The number of rotatable bonds is 5. The van der Waals surface area contributed by atoms with Crippen LogP contribution in [0.2, 0.25) is 0 Å². The number of benzene rings is 3. The second kappa shape index (κ2) is 8.99. The molecule has 1 fully saturated rings. The van der Waals surface area contributed by atoms with E-state index >= 15 is 0 Å². The van der Waals surface area contributed by atoms with Gasteiger partial charge < -0.3 is 9.47 Å². The van der Waals surface area contributed by atoms with Crippen molar-refractivity contribution >= 4 is 16.9 Å². The third kappa shape index (κ3) is 4.05. The molecule has 1 saturated heterocycles. The fraction of sp³-hybridized carbons (Fsp3) is 0.286. The van der Waals surface area contributed by atoms with Crippen LogP contribution in [0.3, 0.4) is 0 Å². The van der Waals surface area contributed by atoms with Crippen molar-refractivity contribution in [1.29, 1.82) is 0 Å². The average molecular weight is 424 g/mol. The van der Waals surface area contributed by atoms with Gasteiger partial charge in [0, 0.05) is 25.6 Å². The number of imidazole rings is 1. The molecule has 5 rings (SSSR count). The Bertz CT molecular complexity index is 1190. The zero-order valence-electron chi connectivity index (χ0n) is 18.5. The van der Waals surface area contributed by atoms with Crippen molar-refractivity contribution in [1.82, 2.24) is 14.5 Å². The number of hydrogen-bond acceptors (Lipinski definition) is 2. The van der Waals surface area contributed by atoms with Gasteiger partial charge in [-0.15, -0.1) is 0 Å². The number of fused-ring (bicyclic) bond motifs is 1. The molecule has 0 aliphatic carbocycles. The molecule has 0 saturated carbocycles. The van der Waals surface area contributed by atoms with E-state index in [4.69, 9.17) is 4.98 Å². The minimum Gasteiger partial charge on any atom is -0.342 e. The molecular formula is C28H29N3O. The molecule has 0 N–H and O–H groups in total. The van der Waals surface area contributed by atoms with Gasteiger partial charge in [0.2, 0.25) is 5.91 Å². The molecule has 1 unspecified atom stereocenters. The fourth-order valence-corrected chi connectivity index (χ4v) is 4.91. The number of piperidine rings is 1. The quantitative estimate of drug-likeness (QED) is 0.419. The first-order valence-electron chi connectivity index (χ1n) is 11.5. The van der Waals surface area contributed by atoms with Crippen molar-refractivity contribution in [2.75, 3.05) is 13.1 Å². The fourth-order valence-electron chi connectivity index (χ4n) is 4.91. The minimum atomic E-state index is -0.101. The summed E-state index contributed by atoms with van der Waals surface area (Å²) in [6.45, 7) is 3.60. The third-order valence-corrected chi connectivity index (χ3v) is 6.69. The van der Waals surface area contributed by atoms with Crippen LogP contribution in [0.1, 0.15) is 48.7 Å². The summed E-state index contributed by atoms with van der Waals surface area (Å²) >= 11 is 0. The van der Waals surface area contributed by atoms with E-state index in [-0.39, 0.29) is 11.8 Å². The van der Waals surface area contributed by atoms with Gasteiger partial charge in [-0.1, -0.05) is 72.8 Å². The summed E-state index contributed by atoms with van der Waals surface area (Å²) in [5.41, 5.74) is 4.61. The number of nitrogens with zero attached hydrogens (tertiary/aromatic N) is 3. The van der Waals surface area contributed by atoms with Crippen LogP contribution in [0.5, 0.6) is 0 Å². The maximum absolute atomic E-state index is 13.1. The minimum absolute atomic E-state index is 0.101. The molecule has 4 nitrogen and oxygen atoms in total. The van der Waals surface area contributed by atoms with E-state index in [1.165, 1.54) is 11.1 Å². The van der Waals surface area contributed by atoms with Gasteiger partial charge in [0.15, 0.2) is 0 Å². The molecule has 1 amide bonds. The highest BCUT2D eigenvalue weighted by molar-refractivity contribution is 5.83. The molecule has 32 heavy (non-hydrogen) atoms. The normalized spacial score (nSPS) is 15.7. The molecule has 1 aromatic heterocycles. The number of para-hydroxylation sites is 2. The van der Waals surface area contributed by atoms with E-state index in [0.29, 0.717) is 6.04 Å². The van der Waals surface area contributed by atoms with Gasteiger partial charge in [0.25, 0.3) is 0 Å². The average Bonchev–Trinajstić information content (AvgIpc) is 3.22. The summed E-state index contributed by atoms with van der Waals surface area (Å²) in [5.74, 6) is 1.24. The van der Waals surface area contributed by atoms with Crippen LogP contribution in [0, 0.1) is 0 Å². The van der Waals surface area contributed by atoms with Crippen molar-refractivity contribution in [3.8, 4) is 0 Å². The zero-order valence-corrected chi connectivity index (χ0v) is 18.5. The van der Waals surface area contributed by atoms with Crippen LogP contribution in [0.4, 0.5) is 0 Å². The van der Waals surface area contributed by atoms with E-state index in [1.807, 2.05) is 42.2 Å². The molecule has 4 aromatic rings. The number of hydrogen-bond donors (Lipinski definition) is 0. The summed E-state index contributed by atoms with van der Waals surface area (Å²) in [6.07, 6.45) is 2.73. The van der Waals surface area contributed by atoms with Crippen molar-refractivity contribution in [3.05, 3.63) is 102 Å². The third-order valence-electron chi connectivity index (χ3n) is 6.69. The Morgan fingerprint density at radius 2 is 1.53 bits per heavy atom. The lowest BCUT2D eigenvalue weighted by molar-refractivity contribution is -0.133. The van der Waals surface area contributed by atoms with Crippen LogP contribution < -0.4 is 0 Å². The Morgan fingerprint density at radius 3 is 2.25 bits per heavy atom. The lowest BCUT2D eigenvalue weighted by Crippen LogP contribution is -2.41. The van der Waals surface area contributed by atoms with Crippen LogP contribution >= 0.6 is 0 Å². The van der Waals surface area contributed by atoms with E-state index in [9.17, 15) is 4.79 Å². The van der Waals surface area contributed by atoms with Crippen LogP contribution in [0.25, 0.3) is 11.0 Å². The summed E-state index contributed by atoms with van der Waals surface area (Å²) in [4.78, 5) is 20.2. The number of likely N-dealkylation sites (tertiary alicyclic amines) is 1. The van der Waals surface area contributed by atoms with Crippen molar-refractivity contribution in [2.45, 2.75) is 38.1 Å². The molecule has 162 valence electrons. The molecule has 0 spiro atoms. The summed E-state index contributed by atoms with van der Waals surface area (Å²) in [6, 6.07) is 29.4. The van der Waals surface area contributed by atoms with Gasteiger partial charge in [-0.05, 0) is 43.0 Å². The SMILES string of the molecule is CC(C(=O)N1CCC(n2c(Cc3ccccc3)nc3ccccc32)CC1)c1ccccc1. The van der Waals surface area contributed by atoms with E-state index in [0.717, 1.165) is 49.3 Å². The number of carbonyl (C=O) groups excluding carboxylic acids is 1. The van der Waals surface area contributed by atoms with Gasteiger partial charge in [0.1, 0.15) is 5.82 Å². The summed E-state index contributed by atoms with van der Waals surface area (Å²) in [7, 11) is 0. The Balaban J connectivity index is 1.36. The Kier molecular flexibility index (Phi) is 5.76. The Hall–Kier alpha value is -3.40. The second-order valence-electron chi connectivity index (χ2n) is 8.74. The Morgan fingerprint density at radius 1 is 0.906 bits per heavy atom. The highest BCUT2D eigenvalue weighted by Gasteiger charge is 2.29. The van der Waals surface area contributed by atoms with Gasteiger partial charge >= 0.3 is 0 Å². The number of carbonyl (C=O) groups is 1. The molecule has 1 atom stereocenters. The number of amides is 1. The van der Waals surface area contributed by atoms with E-state index in [1.54, 1.807) is 0 Å². The highest BCUT2D eigenvalue weighted by Crippen LogP contribution is 2.31. The van der Waals surface area contributed by atoms with E-state index < -0.39 is 0 Å². The van der Waals surface area contributed by atoms with Crippen LogP contribution in [0.15, 0.2) is 84.9 Å². The van der Waals surface area contributed by atoms with Gasteiger partial charge in [-0.25, -0.2) is 4.98 Å². The first-order valence-corrected chi connectivity index (χ1v) is 11.5. The maximum atomic E-state index is 13.1.